The van der Waals surface area contributed by atoms with Crippen molar-refractivity contribution in [3.63, 3.8) is 0 Å². The fourth-order valence-electron chi connectivity index (χ4n) is 3.45. The summed E-state index contributed by atoms with van der Waals surface area (Å²) >= 11 is 14.0. The number of carbonyl (C=O) groups excluding carboxylic acids is 3. The fraction of sp³-hybridized carbons (Fsp3) is 0.500. The maximum absolute atomic E-state index is 12.6. The first kappa shape index (κ1) is 29.8. The summed E-state index contributed by atoms with van der Waals surface area (Å²) in [5, 5.41) is 15.0. The lowest BCUT2D eigenvalue weighted by Gasteiger charge is -2.31. The van der Waals surface area contributed by atoms with Gasteiger partial charge in [-0.05, 0) is 57.6 Å². The Bertz CT molecular complexity index is 1020. The predicted octanol–water partition coefficient (Wildman–Crippen LogP) is 4.06. The summed E-state index contributed by atoms with van der Waals surface area (Å²) in [5.41, 5.74) is -0.105. The molecule has 0 aliphatic carbocycles. The van der Waals surface area contributed by atoms with Gasteiger partial charge in [-0.25, -0.2) is 9.59 Å². The average molecular weight is 561 g/mol. The van der Waals surface area contributed by atoms with Gasteiger partial charge >= 0.3 is 12.1 Å². The van der Waals surface area contributed by atoms with Crippen molar-refractivity contribution in [1.82, 2.24) is 15.5 Å². The van der Waals surface area contributed by atoms with E-state index >= 15 is 0 Å². The SMILES string of the molecule is CSc1ccc(/C=C/C(=O)N2CCC(C(=O)N[C@@H](CNC(=O)OC(C)(C)C)C(=O)O)CC2)c(Cl)c1Cl. The molecule has 198 valence electrons. The molecule has 1 aromatic carbocycles. The van der Waals surface area contributed by atoms with Crippen LogP contribution in [0.2, 0.25) is 10.0 Å². The van der Waals surface area contributed by atoms with Crippen LogP contribution >= 0.6 is 35.0 Å². The number of hydrogen-bond acceptors (Lipinski definition) is 6. The lowest BCUT2D eigenvalue weighted by atomic mass is 9.95. The summed E-state index contributed by atoms with van der Waals surface area (Å²) in [7, 11) is 0. The van der Waals surface area contributed by atoms with Crippen LogP contribution in [0.4, 0.5) is 4.79 Å². The number of thioether (sulfide) groups is 1. The number of nitrogens with one attached hydrogen (secondary N) is 2. The lowest BCUT2D eigenvalue weighted by molar-refractivity contribution is -0.142. The van der Waals surface area contributed by atoms with Crippen LogP contribution in [0.5, 0.6) is 0 Å². The Morgan fingerprint density at radius 2 is 1.83 bits per heavy atom. The number of carboxylic acid groups (broad SMARTS) is 1. The number of nitrogens with zero attached hydrogens (tertiary/aromatic N) is 1. The van der Waals surface area contributed by atoms with Gasteiger partial charge in [-0.1, -0.05) is 29.3 Å². The highest BCUT2D eigenvalue weighted by Crippen LogP contribution is 2.35. The number of benzene rings is 1. The van der Waals surface area contributed by atoms with E-state index in [1.54, 1.807) is 37.8 Å². The number of carboxylic acids is 1. The van der Waals surface area contributed by atoms with E-state index < -0.39 is 35.5 Å². The van der Waals surface area contributed by atoms with Crippen molar-refractivity contribution >= 4 is 64.9 Å². The largest absolute Gasteiger partial charge is 0.480 e. The number of ether oxygens (including phenoxy) is 1. The van der Waals surface area contributed by atoms with Crippen molar-refractivity contribution in [3.05, 3.63) is 33.8 Å². The molecule has 0 saturated carbocycles. The number of amides is 3. The fourth-order valence-corrected chi connectivity index (χ4v) is 4.62. The van der Waals surface area contributed by atoms with Crippen molar-refractivity contribution in [3.8, 4) is 0 Å². The van der Waals surface area contributed by atoms with Gasteiger partial charge in [-0.3, -0.25) is 9.59 Å². The molecule has 0 spiro atoms. The van der Waals surface area contributed by atoms with E-state index in [2.05, 4.69) is 10.6 Å². The van der Waals surface area contributed by atoms with Gasteiger partial charge in [0.25, 0.3) is 0 Å². The summed E-state index contributed by atoms with van der Waals surface area (Å²) in [6.45, 7) is 5.42. The Kier molecular flexibility index (Phi) is 10.9. The topological polar surface area (TPSA) is 125 Å². The van der Waals surface area contributed by atoms with Gasteiger partial charge in [0.05, 0.1) is 16.6 Å². The van der Waals surface area contributed by atoms with Crippen LogP contribution in [0.3, 0.4) is 0 Å². The second-order valence-electron chi connectivity index (χ2n) is 9.20. The van der Waals surface area contributed by atoms with Gasteiger partial charge in [-0.15, -0.1) is 11.8 Å². The first-order chi connectivity index (χ1) is 16.8. The normalized spacial score (nSPS) is 15.4. The summed E-state index contributed by atoms with van der Waals surface area (Å²) in [5.74, 6) is -2.39. The molecule has 12 heteroatoms. The van der Waals surface area contributed by atoms with E-state index in [9.17, 15) is 24.3 Å². The number of likely N-dealkylation sites (tertiary alicyclic amines) is 1. The Labute approximate surface area is 224 Å². The molecule has 3 N–H and O–H groups in total. The smallest absolute Gasteiger partial charge is 0.407 e. The molecule has 9 nitrogen and oxygen atoms in total. The second kappa shape index (κ2) is 13.2. The number of hydrogen-bond donors (Lipinski definition) is 3. The third-order valence-corrected chi connectivity index (χ3v) is 7.13. The number of piperidine rings is 1. The van der Waals surface area contributed by atoms with Crippen LogP contribution in [0.15, 0.2) is 23.1 Å². The molecule has 1 heterocycles. The molecule has 1 aromatic rings. The molecule has 1 saturated heterocycles. The number of carbonyl (C=O) groups is 4. The minimum absolute atomic E-state index is 0.222. The Hall–Kier alpha value is -2.43. The van der Waals surface area contributed by atoms with Gasteiger partial charge in [0.15, 0.2) is 0 Å². The van der Waals surface area contributed by atoms with Crippen LogP contribution < -0.4 is 10.6 Å². The molecule has 0 unspecified atom stereocenters. The summed E-state index contributed by atoms with van der Waals surface area (Å²) in [4.78, 5) is 51.0. The van der Waals surface area contributed by atoms with E-state index in [0.717, 1.165) is 4.90 Å². The highest BCUT2D eigenvalue weighted by Gasteiger charge is 2.30. The van der Waals surface area contributed by atoms with Crippen LogP contribution in [-0.2, 0) is 19.1 Å². The molecule has 3 amide bonds. The van der Waals surface area contributed by atoms with E-state index in [1.165, 1.54) is 17.8 Å². The zero-order chi connectivity index (χ0) is 27.0. The van der Waals surface area contributed by atoms with Gasteiger partial charge in [0.1, 0.15) is 11.6 Å². The molecule has 0 aromatic heterocycles. The standard InChI is InChI=1S/C24H31Cl2N3O6S/c1-24(2,3)35-23(34)27-13-16(22(32)33)28-21(31)15-9-11-29(12-10-15)18(30)8-6-14-5-7-17(36-4)20(26)19(14)25/h5-8,15-16H,9-13H2,1-4H3,(H,27,34)(H,28,31)(H,32,33)/b8-6+/t16-/m0/s1. The molecular weight excluding hydrogens is 529 g/mol. The van der Waals surface area contributed by atoms with E-state index in [1.807, 2.05) is 12.3 Å². The lowest BCUT2D eigenvalue weighted by Crippen LogP contribution is -2.52. The van der Waals surface area contributed by atoms with Crippen molar-refractivity contribution in [2.24, 2.45) is 5.92 Å². The Morgan fingerprint density at radius 3 is 2.39 bits per heavy atom. The quantitative estimate of drug-likeness (QED) is 0.324. The first-order valence-electron chi connectivity index (χ1n) is 11.3. The van der Waals surface area contributed by atoms with Crippen molar-refractivity contribution in [2.75, 3.05) is 25.9 Å². The maximum atomic E-state index is 12.6. The number of alkyl carbamates (subject to hydrolysis) is 1. The monoisotopic (exact) mass is 559 g/mol. The Morgan fingerprint density at radius 1 is 1.19 bits per heavy atom. The Balaban J connectivity index is 1.87. The van der Waals surface area contributed by atoms with Crippen molar-refractivity contribution in [1.29, 1.82) is 0 Å². The molecule has 1 aliphatic heterocycles. The van der Waals surface area contributed by atoms with Crippen LogP contribution in [-0.4, -0.2) is 71.4 Å². The van der Waals surface area contributed by atoms with Crippen LogP contribution in [0, 0.1) is 5.92 Å². The van der Waals surface area contributed by atoms with Crippen LogP contribution in [0.1, 0.15) is 39.2 Å². The summed E-state index contributed by atoms with van der Waals surface area (Å²) < 4.78 is 5.08. The highest BCUT2D eigenvalue weighted by atomic mass is 35.5. The maximum Gasteiger partial charge on any atom is 0.407 e. The zero-order valence-electron chi connectivity index (χ0n) is 20.6. The van der Waals surface area contributed by atoms with E-state index in [4.69, 9.17) is 27.9 Å². The van der Waals surface area contributed by atoms with Crippen LogP contribution in [0.25, 0.3) is 6.08 Å². The molecule has 0 radical (unpaired) electrons. The predicted molar refractivity (Wildman–Crippen MR) is 140 cm³/mol. The molecule has 0 bridgehead atoms. The summed E-state index contributed by atoms with van der Waals surface area (Å²) in [6, 6.07) is 2.32. The second-order valence-corrected chi connectivity index (χ2v) is 10.8. The van der Waals surface area contributed by atoms with Gasteiger partial charge in [-0.2, -0.15) is 0 Å². The molecule has 1 aliphatic rings. The summed E-state index contributed by atoms with van der Waals surface area (Å²) in [6.07, 6.45) is 4.90. The van der Waals surface area contributed by atoms with E-state index in [0.29, 0.717) is 41.5 Å². The third-order valence-electron chi connectivity index (χ3n) is 5.34. The minimum Gasteiger partial charge on any atom is -0.480 e. The molecular formula is C24H31Cl2N3O6S. The van der Waals surface area contributed by atoms with Gasteiger partial charge < -0.3 is 25.4 Å². The highest BCUT2D eigenvalue weighted by molar-refractivity contribution is 7.98. The van der Waals surface area contributed by atoms with Gasteiger partial charge in [0.2, 0.25) is 11.8 Å². The molecule has 36 heavy (non-hydrogen) atoms. The van der Waals surface area contributed by atoms with Gasteiger partial charge in [0, 0.05) is 30.0 Å². The molecule has 2 rings (SSSR count). The first-order valence-corrected chi connectivity index (χ1v) is 13.3. The number of halogens is 2. The molecule has 1 atom stereocenters. The molecule has 1 fully saturated rings. The average Bonchev–Trinajstić information content (AvgIpc) is 2.81. The number of aliphatic carboxylic acids is 1. The van der Waals surface area contributed by atoms with E-state index in [-0.39, 0.29) is 12.5 Å². The zero-order valence-corrected chi connectivity index (χ0v) is 22.9. The van der Waals surface area contributed by atoms with Crippen molar-refractivity contribution in [2.45, 2.75) is 50.2 Å². The third kappa shape index (κ3) is 8.90. The number of rotatable bonds is 8. The van der Waals surface area contributed by atoms with Crippen molar-refractivity contribution < 1.29 is 29.0 Å². The minimum atomic E-state index is -1.30.